The molecule has 5 heteroatoms. The molecule has 5 nitrogen and oxygen atoms in total. The molecule has 2 aromatic carbocycles. The molecule has 0 radical (unpaired) electrons. The number of nitro groups is 1. The Bertz CT molecular complexity index is 599. The van der Waals surface area contributed by atoms with E-state index >= 15 is 0 Å². The van der Waals surface area contributed by atoms with Crippen LogP contribution in [0.2, 0.25) is 0 Å². The molecule has 0 bridgehead atoms. The first-order valence-electron chi connectivity index (χ1n) is 6.37. The number of hydrogen-bond donors (Lipinski definition) is 1. The lowest BCUT2D eigenvalue weighted by Crippen LogP contribution is -2.80. The Morgan fingerprint density at radius 2 is 1.95 bits per heavy atom. The van der Waals surface area contributed by atoms with E-state index in [1.165, 1.54) is 6.07 Å². The molecule has 0 amide bonds. The molecule has 0 heterocycles. The first-order chi connectivity index (χ1) is 9.70. The molecule has 0 unspecified atom stereocenters. The van der Waals surface area contributed by atoms with Crippen molar-refractivity contribution in [3.63, 3.8) is 0 Å². The summed E-state index contributed by atoms with van der Waals surface area (Å²) >= 11 is 0. The fraction of sp³-hybridized carbons (Fsp3) is 0.200. The van der Waals surface area contributed by atoms with Crippen LogP contribution in [0.15, 0.2) is 48.5 Å². The number of ether oxygens (including phenoxy) is 1. The highest BCUT2D eigenvalue weighted by molar-refractivity contribution is 5.34. The van der Waals surface area contributed by atoms with E-state index in [2.05, 4.69) is 5.32 Å². The molecule has 0 aliphatic rings. The van der Waals surface area contributed by atoms with Gasteiger partial charge in [0.1, 0.15) is 18.8 Å². The van der Waals surface area contributed by atoms with Gasteiger partial charge in [-0.15, -0.1) is 0 Å². The largest absolute Gasteiger partial charge is 0.496 e. The Morgan fingerprint density at radius 3 is 2.70 bits per heavy atom. The topological polar surface area (TPSA) is 69.0 Å². The molecule has 0 saturated heterocycles. The van der Waals surface area contributed by atoms with Crippen LogP contribution in [-0.4, -0.2) is 12.0 Å². The molecule has 2 aromatic rings. The number of benzene rings is 2. The monoisotopic (exact) mass is 273 g/mol. The van der Waals surface area contributed by atoms with E-state index in [0.29, 0.717) is 6.54 Å². The number of nitro benzene ring substituents is 1. The Labute approximate surface area is 117 Å². The van der Waals surface area contributed by atoms with Crippen LogP contribution in [0.5, 0.6) is 5.75 Å². The van der Waals surface area contributed by atoms with Crippen LogP contribution in [0.4, 0.5) is 5.69 Å². The second-order valence-corrected chi connectivity index (χ2v) is 4.44. The maximum Gasteiger partial charge on any atom is 0.269 e. The van der Waals surface area contributed by atoms with Crippen LogP contribution >= 0.6 is 0 Å². The summed E-state index contributed by atoms with van der Waals surface area (Å²) in [5, 5.41) is 12.8. The van der Waals surface area contributed by atoms with Crippen molar-refractivity contribution >= 4 is 5.69 Å². The highest BCUT2D eigenvalue weighted by atomic mass is 16.6. The average Bonchev–Trinajstić information content (AvgIpc) is 2.48. The predicted molar refractivity (Wildman–Crippen MR) is 75.4 cm³/mol. The Kier molecular flexibility index (Phi) is 4.68. The van der Waals surface area contributed by atoms with Gasteiger partial charge in [0.2, 0.25) is 0 Å². The van der Waals surface area contributed by atoms with Crippen LogP contribution in [0, 0.1) is 10.1 Å². The minimum Gasteiger partial charge on any atom is -0.496 e. The Balaban J connectivity index is 1.96. The Hall–Kier alpha value is -2.40. The molecule has 0 saturated carbocycles. The number of non-ortho nitro benzene ring substituents is 1. The minimum absolute atomic E-state index is 0.133. The summed E-state index contributed by atoms with van der Waals surface area (Å²) in [6.07, 6.45) is 0. The van der Waals surface area contributed by atoms with Crippen LogP contribution in [-0.2, 0) is 13.1 Å². The first-order valence-corrected chi connectivity index (χ1v) is 6.37. The number of nitrogens with zero attached hydrogens (tertiary/aromatic N) is 1. The van der Waals surface area contributed by atoms with E-state index < -0.39 is 0 Å². The lowest BCUT2D eigenvalue weighted by atomic mass is 10.1. The van der Waals surface area contributed by atoms with Gasteiger partial charge in [-0.25, -0.2) is 0 Å². The number of nitrogens with two attached hydrogens (primary N) is 1. The third-order valence-corrected chi connectivity index (χ3v) is 3.06. The first kappa shape index (κ1) is 14.0. The average molecular weight is 273 g/mol. The summed E-state index contributed by atoms with van der Waals surface area (Å²) in [6.45, 7) is 1.46. The molecule has 0 aliphatic heterocycles. The summed E-state index contributed by atoms with van der Waals surface area (Å²) in [5.41, 5.74) is 2.18. The fourth-order valence-electron chi connectivity index (χ4n) is 2.06. The van der Waals surface area contributed by atoms with E-state index in [9.17, 15) is 10.1 Å². The third kappa shape index (κ3) is 3.55. The predicted octanol–water partition coefficient (Wildman–Crippen LogP) is 1.87. The van der Waals surface area contributed by atoms with Gasteiger partial charge in [0.15, 0.2) is 0 Å². The minimum atomic E-state index is -0.371. The molecule has 104 valence electrons. The van der Waals surface area contributed by atoms with Crippen LogP contribution in [0.3, 0.4) is 0 Å². The van der Waals surface area contributed by atoms with Gasteiger partial charge in [0.05, 0.1) is 12.0 Å². The molecule has 0 aromatic heterocycles. The summed E-state index contributed by atoms with van der Waals surface area (Å²) in [7, 11) is 1.65. The molecule has 0 aliphatic carbocycles. The molecular weight excluding hydrogens is 256 g/mol. The van der Waals surface area contributed by atoms with E-state index in [0.717, 1.165) is 23.4 Å². The third-order valence-electron chi connectivity index (χ3n) is 3.06. The quantitative estimate of drug-likeness (QED) is 0.645. The number of quaternary nitrogens is 1. The number of rotatable bonds is 6. The maximum atomic E-state index is 10.7. The highest BCUT2D eigenvalue weighted by Crippen LogP contribution is 2.16. The van der Waals surface area contributed by atoms with Gasteiger partial charge in [-0.05, 0) is 12.1 Å². The van der Waals surface area contributed by atoms with Gasteiger partial charge >= 0.3 is 0 Å². The van der Waals surface area contributed by atoms with Crippen molar-refractivity contribution < 1.29 is 15.0 Å². The van der Waals surface area contributed by atoms with Crippen molar-refractivity contribution in [2.45, 2.75) is 13.1 Å². The van der Waals surface area contributed by atoms with Gasteiger partial charge in [-0.2, -0.15) is 0 Å². The Morgan fingerprint density at radius 1 is 1.15 bits per heavy atom. The molecule has 0 atom stereocenters. The molecule has 0 fully saturated rings. The smallest absolute Gasteiger partial charge is 0.269 e. The highest BCUT2D eigenvalue weighted by Gasteiger charge is 2.07. The van der Waals surface area contributed by atoms with Crippen molar-refractivity contribution in [3.05, 3.63) is 69.8 Å². The maximum absolute atomic E-state index is 10.7. The van der Waals surface area contributed by atoms with Gasteiger partial charge in [-0.3, -0.25) is 10.1 Å². The van der Waals surface area contributed by atoms with E-state index in [1.807, 2.05) is 30.3 Å². The normalized spacial score (nSPS) is 10.2. The second-order valence-electron chi connectivity index (χ2n) is 4.44. The zero-order chi connectivity index (χ0) is 14.4. The molecule has 0 spiro atoms. The number of hydrogen-bond acceptors (Lipinski definition) is 3. The van der Waals surface area contributed by atoms with Crippen molar-refractivity contribution in [1.29, 1.82) is 0 Å². The number of para-hydroxylation sites is 1. The standard InChI is InChI=1S/C15H16N2O3/c1-20-15-8-3-2-6-13(15)11-16-10-12-5-4-7-14(9-12)17(18)19/h2-9,16H,10-11H2,1H3/p+1. The van der Waals surface area contributed by atoms with E-state index in [-0.39, 0.29) is 10.6 Å². The van der Waals surface area contributed by atoms with Crippen molar-refractivity contribution in [3.8, 4) is 5.75 Å². The van der Waals surface area contributed by atoms with Crippen LogP contribution < -0.4 is 10.1 Å². The summed E-state index contributed by atoms with van der Waals surface area (Å²) < 4.78 is 5.29. The van der Waals surface area contributed by atoms with Gasteiger partial charge < -0.3 is 10.1 Å². The molecular formula is C15H17N2O3+. The van der Waals surface area contributed by atoms with E-state index in [4.69, 9.17) is 4.74 Å². The van der Waals surface area contributed by atoms with Crippen molar-refractivity contribution in [2.24, 2.45) is 0 Å². The number of methoxy groups -OCH3 is 1. The van der Waals surface area contributed by atoms with Crippen molar-refractivity contribution in [2.75, 3.05) is 7.11 Å². The van der Waals surface area contributed by atoms with Gasteiger partial charge in [0, 0.05) is 23.3 Å². The lowest BCUT2D eigenvalue weighted by Gasteiger charge is -2.07. The van der Waals surface area contributed by atoms with Crippen molar-refractivity contribution in [1.82, 2.24) is 0 Å². The second kappa shape index (κ2) is 6.68. The summed E-state index contributed by atoms with van der Waals surface area (Å²) in [5.74, 6) is 0.864. The zero-order valence-electron chi connectivity index (χ0n) is 11.3. The molecule has 20 heavy (non-hydrogen) atoms. The fourth-order valence-corrected chi connectivity index (χ4v) is 2.06. The lowest BCUT2D eigenvalue weighted by molar-refractivity contribution is -0.686. The van der Waals surface area contributed by atoms with E-state index in [1.54, 1.807) is 19.2 Å². The van der Waals surface area contributed by atoms with Crippen LogP contribution in [0.1, 0.15) is 11.1 Å². The SMILES string of the molecule is COc1ccccc1C[NH2+]Cc1cccc([N+](=O)[O-])c1. The van der Waals surface area contributed by atoms with Gasteiger partial charge in [0.25, 0.3) is 5.69 Å². The molecule has 2 N–H and O–H groups in total. The van der Waals surface area contributed by atoms with Gasteiger partial charge in [-0.1, -0.05) is 24.3 Å². The summed E-state index contributed by atoms with van der Waals surface area (Å²) in [6, 6.07) is 14.6. The zero-order valence-corrected chi connectivity index (χ0v) is 11.3. The summed E-state index contributed by atoms with van der Waals surface area (Å²) in [4.78, 5) is 10.3. The molecule has 2 rings (SSSR count). The van der Waals surface area contributed by atoms with Crippen LogP contribution in [0.25, 0.3) is 0 Å².